The molecule has 0 aromatic heterocycles. The lowest BCUT2D eigenvalue weighted by Gasteiger charge is -2.34. The van der Waals surface area contributed by atoms with Crippen LogP contribution in [0.2, 0.25) is 0 Å². The molecule has 1 aliphatic rings. The van der Waals surface area contributed by atoms with Gasteiger partial charge in [-0.1, -0.05) is 34.1 Å². The Kier molecular flexibility index (Phi) is 7.14. The van der Waals surface area contributed by atoms with E-state index in [4.69, 9.17) is 4.74 Å². The molecular formula is C15H31NO. The highest BCUT2D eigenvalue weighted by Gasteiger charge is 2.22. The first-order valence-electron chi connectivity index (χ1n) is 7.53. The number of hydrogen-bond donors (Lipinski definition) is 0. The number of nitrogens with zero attached hydrogens (tertiary/aromatic N) is 1. The quantitative estimate of drug-likeness (QED) is 0.674. The van der Waals surface area contributed by atoms with E-state index in [1.54, 1.807) is 0 Å². The number of likely N-dealkylation sites (tertiary alicyclic amines) is 1. The van der Waals surface area contributed by atoms with Gasteiger partial charge in [-0.25, -0.2) is 0 Å². The Morgan fingerprint density at radius 3 is 2.29 bits per heavy atom. The highest BCUT2D eigenvalue weighted by atomic mass is 16.5. The van der Waals surface area contributed by atoms with E-state index in [2.05, 4.69) is 32.6 Å². The molecule has 0 saturated carbocycles. The molecule has 0 spiro atoms. The van der Waals surface area contributed by atoms with Crippen molar-refractivity contribution in [3.63, 3.8) is 0 Å². The molecule has 1 saturated heterocycles. The number of piperidine rings is 1. The lowest BCUT2D eigenvalue weighted by atomic mass is 10.0. The smallest absolute Gasteiger partial charge is 0.0603 e. The molecule has 0 amide bonds. The van der Waals surface area contributed by atoms with Crippen LogP contribution in [0.3, 0.4) is 0 Å². The lowest BCUT2D eigenvalue weighted by molar-refractivity contribution is -0.0479. The summed E-state index contributed by atoms with van der Waals surface area (Å²) >= 11 is 0. The second-order valence-corrected chi connectivity index (χ2v) is 5.85. The summed E-state index contributed by atoms with van der Waals surface area (Å²) in [5, 5.41) is 0. The Hall–Kier alpha value is -0.0800. The van der Waals surface area contributed by atoms with Gasteiger partial charge in [-0.15, -0.1) is 0 Å². The minimum Gasteiger partial charge on any atom is -0.375 e. The van der Waals surface area contributed by atoms with Gasteiger partial charge in [0, 0.05) is 19.6 Å². The van der Waals surface area contributed by atoms with Gasteiger partial charge in [-0.3, -0.25) is 0 Å². The fourth-order valence-electron chi connectivity index (χ4n) is 2.71. The summed E-state index contributed by atoms with van der Waals surface area (Å²) in [4.78, 5) is 2.59. The van der Waals surface area contributed by atoms with Crippen molar-refractivity contribution in [3.05, 3.63) is 0 Å². The Labute approximate surface area is 108 Å². The van der Waals surface area contributed by atoms with Crippen molar-refractivity contribution >= 4 is 0 Å². The summed E-state index contributed by atoms with van der Waals surface area (Å²) in [6.07, 6.45) is 7.12. The number of ether oxygens (including phenoxy) is 1. The van der Waals surface area contributed by atoms with Crippen LogP contribution in [0.25, 0.3) is 0 Å². The van der Waals surface area contributed by atoms with E-state index < -0.39 is 0 Å². The molecule has 0 bridgehead atoms. The molecule has 1 rings (SSSR count). The Balaban J connectivity index is 2.22. The molecule has 0 aliphatic carbocycles. The number of rotatable bonds is 7. The van der Waals surface area contributed by atoms with Crippen LogP contribution in [-0.4, -0.2) is 36.7 Å². The van der Waals surface area contributed by atoms with Gasteiger partial charge in [0.15, 0.2) is 0 Å². The molecule has 1 heterocycles. The van der Waals surface area contributed by atoms with E-state index in [-0.39, 0.29) is 0 Å². The first-order chi connectivity index (χ1) is 8.15. The summed E-state index contributed by atoms with van der Waals surface area (Å²) < 4.78 is 6.21. The molecule has 102 valence electrons. The van der Waals surface area contributed by atoms with Crippen molar-refractivity contribution in [3.8, 4) is 0 Å². The SMILES string of the molecule is CCCC(CC)OC1CCN(CC(C)C)CC1. The molecule has 0 aromatic carbocycles. The molecule has 1 atom stereocenters. The van der Waals surface area contributed by atoms with E-state index in [1.165, 1.54) is 51.7 Å². The first-order valence-corrected chi connectivity index (χ1v) is 7.53. The van der Waals surface area contributed by atoms with Crippen molar-refractivity contribution < 1.29 is 4.74 Å². The fourth-order valence-corrected chi connectivity index (χ4v) is 2.71. The number of hydrogen-bond acceptors (Lipinski definition) is 2. The maximum atomic E-state index is 6.21. The van der Waals surface area contributed by atoms with E-state index in [1.807, 2.05) is 0 Å². The van der Waals surface area contributed by atoms with Crippen LogP contribution in [0.15, 0.2) is 0 Å². The third-order valence-corrected chi connectivity index (χ3v) is 3.61. The highest BCUT2D eigenvalue weighted by molar-refractivity contribution is 4.74. The normalized spacial score (nSPS) is 21.0. The van der Waals surface area contributed by atoms with Gasteiger partial charge < -0.3 is 9.64 Å². The van der Waals surface area contributed by atoms with E-state index >= 15 is 0 Å². The minimum absolute atomic E-state index is 0.502. The van der Waals surface area contributed by atoms with Gasteiger partial charge in [0.2, 0.25) is 0 Å². The second-order valence-electron chi connectivity index (χ2n) is 5.85. The van der Waals surface area contributed by atoms with Crippen LogP contribution in [0, 0.1) is 5.92 Å². The van der Waals surface area contributed by atoms with Crippen molar-refractivity contribution in [2.45, 2.75) is 72.0 Å². The zero-order chi connectivity index (χ0) is 12.7. The molecule has 1 fully saturated rings. The second kappa shape index (κ2) is 8.10. The average molecular weight is 241 g/mol. The molecule has 2 nitrogen and oxygen atoms in total. The molecule has 0 radical (unpaired) electrons. The summed E-state index contributed by atoms with van der Waals surface area (Å²) in [6, 6.07) is 0. The molecule has 17 heavy (non-hydrogen) atoms. The molecule has 1 aliphatic heterocycles. The van der Waals surface area contributed by atoms with Crippen LogP contribution >= 0.6 is 0 Å². The van der Waals surface area contributed by atoms with Crippen LogP contribution in [0.4, 0.5) is 0 Å². The van der Waals surface area contributed by atoms with Gasteiger partial charge >= 0.3 is 0 Å². The van der Waals surface area contributed by atoms with Crippen LogP contribution in [-0.2, 0) is 4.74 Å². The summed E-state index contributed by atoms with van der Waals surface area (Å²) in [5.74, 6) is 0.788. The zero-order valence-electron chi connectivity index (χ0n) is 12.2. The van der Waals surface area contributed by atoms with Crippen LogP contribution in [0.5, 0.6) is 0 Å². The Morgan fingerprint density at radius 2 is 1.82 bits per heavy atom. The fraction of sp³-hybridized carbons (Fsp3) is 1.00. The standard InChI is InChI=1S/C15H31NO/c1-5-7-14(6-2)17-15-8-10-16(11-9-15)12-13(3)4/h13-15H,5-12H2,1-4H3. The molecular weight excluding hydrogens is 210 g/mol. The van der Waals surface area contributed by atoms with Crippen LogP contribution < -0.4 is 0 Å². The molecule has 0 aromatic rings. The summed E-state index contributed by atoms with van der Waals surface area (Å²) in [5.41, 5.74) is 0. The molecule has 0 N–H and O–H groups in total. The third-order valence-electron chi connectivity index (χ3n) is 3.61. The average Bonchev–Trinajstić information content (AvgIpc) is 2.30. The van der Waals surface area contributed by atoms with Gasteiger partial charge in [-0.2, -0.15) is 0 Å². The first kappa shape index (κ1) is 15.0. The zero-order valence-corrected chi connectivity index (χ0v) is 12.2. The van der Waals surface area contributed by atoms with Gasteiger partial charge in [-0.05, 0) is 31.6 Å². The predicted molar refractivity (Wildman–Crippen MR) is 74.4 cm³/mol. The maximum Gasteiger partial charge on any atom is 0.0603 e. The maximum absolute atomic E-state index is 6.21. The van der Waals surface area contributed by atoms with E-state index in [9.17, 15) is 0 Å². The van der Waals surface area contributed by atoms with E-state index in [0.29, 0.717) is 12.2 Å². The van der Waals surface area contributed by atoms with Crippen molar-refractivity contribution in [2.75, 3.05) is 19.6 Å². The molecule has 1 unspecified atom stereocenters. The summed E-state index contributed by atoms with van der Waals surface area (Å²) in [6.45, 7) is 12.8. The third kappa shape index (κ3) is 5.87. The van der Waals surface area contributed by atoms with Gasteiger partial charge in [0.25, 0.3) is 0 Å². The highest BCUT2D eigenvalue weighted by Crippen LogP contribution is 2.19. The molecule has 2 heteroatoms. The predicted octanol–water partition coefficient (Wildman–Crippen LogP) is 3.70. The minimum atomic E-state index is 0.502. The lowest BCUT2D eigenvalue weighted by Crippen LogP contribution is -2.40. The Bertz CT molecular complexity index is 185. The van der Waals surface area contributed by atoms with Crippen LogP contribution in [0.1, 0.15) is 59.8 Å². The van der Waals surface area contributed by atoms with Gasteiger partial charge in [0.1, 0.15) is 0 Å². The van der Waals surface area contributed by atoms with E-state index in [0.717, 1.165) is 5.92 Å². The Morgan fingerprint density at radius 1 is 1.18 bits per heavy atom. The van der Waals surface area contributed by atoms with Gasteiger partial charge in [0.05, 0.1) is 12.2 Å². The largest absolute Gasteiger partial charge is 0.375 e. The topological polar surface area (TPSA) is 12.5 Å². The summed E-state index contributed by atoms with van der Waals surface area (Å²) in [7, 11) is 0. The van der Waals surface area contributed by atoms with Crippen molar-refractivity contribution in [1.29, 1.82) is 0 Å². The van der Waals surface area contributed by atoms with Crippen molar-refractivity contribution in [2.24, 2.45) is 5.92 Å². The van der Waals surface area contributed by atoms with Crippen molar-refractivity contribution in [1.82, 2.24) is 4.90 Å². The monoisotopic (exact) mass is 241 g/mol.